The van der Waals surface area contributed by atoms with Gasteiger partial charge in [0.25, 0.3) is 0 Å². The number of hydrogen-bond donors (Lipinski definition) is 0. The van der Waals surface area contributed by atoms with E-state index < -0.39 is 29.7 Å². The molecule has 8 aromatic rings. The summed E-state index contributed by atoms with van der Waals surface area (Å²) in [6.45, 7) is 16.6. The van der Waals surface area contributed by atoms with Crippen LogP contribution in [0.4, 0.5) is 0 Å². The van der Waals surface area contributed by atoms with Crippen LogP contribution in [0, 0.1) is 0 Å². The average molecular weight is 1010 g/mol. The summed E-state index contributed by atoms with van der Waals surface area (Å²) in [5.41, 5.74) is 5.83. The summed E-state index contributed by atoms with van der Waals surface area (Å²) < 4.78 is 43.9. The monoisotopic (exact) mass is 1010 g/mol. The van der Waals surface area contributed by atoms with Crippen molar-refractivity contribution >= 4 is 72.8 Å². The van der Waals surface area contributed by atoms with Gasteiger partial charge in [-0.3, -0.25) is 4.79 Å². The lowest BCUT2D eigenvalue weighted by Crippen LogP contribution is -2.10. The van der Waals surface area contributed by atoms with Crippen LogP contribution in [-0.4, -0.2) is 29.7 Å². The number of ether oxygens (including phenoxy) is 8. The van der Waals surface area contributed by atoms with Crippen LogP contribution in [0.1, 0.15) is 27.7 Å². The van der Waals surface area contributed by atoms with Gasteiger partial charge >= 0.3 is 23.9 Å². The van der Waals surface area contributed by atoms with Gasteiger partial charge in [-0.25, -0.2) is 19.2 Å². The smallest absolute Gasteiger partial charge is 0.379 e. The quantitative estimate of drug-likeness (QED) is 0.0248. The standard InChI is InChI=1S/C63H48O13/c1-38(2)60(65)73-26-22-69-48-20-18-42-30-46(16-14-44(42)32-48)52-10-8-12-54-56(52)34-50(71-24-27-74-61(66)39(3)4)36-58(54)59-37-51(72-25-28-75-62(67)40(5)6)35-57-53(11-9-13-55(57)59)47-17-15-45-33-49(21-19-43(45)31-47)70-23-29-76-63(68)41(7)64/h8-37H,1,3,5H2,2,4,6-7H3. The van der Waals surface area contributed by atoms with Gasteiger partial charge in [-0.1, -0.05) is 92.5 Å². The number of carbonyl (C=O) groups excluding carboxylic acids is 5. The fourth-order valence-corrected chi connectivity index (χ4v) is 7.90. The molecule has 0 fully saturated rings. The molecular weight excluding hydrogens is 965 g/mol. The number of ketones is 1. The van der Waals surface area contributed by atoms with Crippen LogP contribution < -0.4 is 18.9 Å². The molecule has 0 radical (unpaired) electrons. The van der Waals surface area contributed by atoms with Gasteiger partial charge in [0.05, 0.1) is 0 Å². The molecule has 0 N–H and O–H groups in total. The van der Waals surface area contributed by atoms with Gasteiger partial charge in [-0.2, -0.15) is 0 Å². The number of hydrogen-bond acceptors (Lipinski definition) is 13. The van der Waals surface area contributed by atoms with Crippen molar-refractivity contribution in [3.63, 3.8) is 0 Å². The third kappa shape index (κ3) is 12.5. The molecule has 13 nitrogen and oxygen atoms in total. The molecule has 378 valence electrons. The van der Waals surface area contributed by atoms with E-state index in [1.165, 1.54) is 25.0 Å². The van der Waals surface area contributed by atoms with Gasteiger partial charge in [0.2, 0.25) is 5.78 Å². The third-order valence-corrected chi connectivity index (χ3v) is 11.5. The minimum Gasteiger partial charge on any atom is -0.462 e. The van der Waals surface area contributed by atoms with Crippen LogP contribution in [-0.2, 0) is 42.9 Å². The molecule has 0 aliphatic heterocycles. The van der Waals surface area contributed by atoms with Crippen molar-refractivity contribution in [2.75, 3.05) is 0 Å². The Hall–Kier alpha value is -10.3. The first kappa shape index (κ1) is 52.1. The molecule has 0 unspecified atom stereocenters. The van der Waals surface area contributed by atoms with Crippen LogP contribution in [0.5, 0.6) is 23.0 Å². The fraction of sp³-hybridized carbons (Fsp3) is 0.0635. The molecule has 0 saturated heterocycles. The molecule has 76 heavy (non-hydrogen) atoms. The van der Waals surface area contributed by atoms with Gasteiger partial charge in [0.15, 0.2) is 0 Å². The molecule has 0 heterocycles. The average Bonchev–Trinajstić information content (AvgIpc) is 3.41. The first-order chi connectivity index (χ1) is 36.6. The van der Waals surface area contributed by atoms with Gasteiger partial charge in [0.1, 0.15) is 73.1 Å². The maximum Gasteiger partial charge on any atom is 0.379 e. The van der Waals surface area contributed by atoms with E-state index in [1.807, 2.05) is 115 Å². The van der Waals surface area contributed by atoms with Crippen LogP contribution >= 0.6 is 0 Å². The predicted molar refractivity (Wildman–Crippen MR) is 291 cm³/mol. The lowest BCUT2D eigenvalue weighted by molar-refractivity contribution is -0.148. The Bertz CT molecular complexity index is 3570. The maximum absolute atomic E-state index is 12.3. The van der Waals surface area contributed by atoms with Crippen molar-refractivity contribution in [1.82, 2.24) is 0 Å². The normalized spacial score (nSPS) is 11.4. The highest BCUT2D eigenvalue weighted by atomic mass is 16.6. The topological polar surface area (TPSA) is 159 Å². The first-order valence-electron chi connectivity index (χ1n) is 23.4. The Kier molecular flexibility index (Phi) is 16.1. The maximum atomic E-state index is 12.3. The molecule has 0 amide bonds. The molecule has 0 aliphatic carbocycles. The van der Waals surface area contributed by atoms with Gasteiger partial charge in [-0.05, 0) is 158 Å². The predicted octanol–water partition coefficient (Wildman–Crippen LogP) is 14.2. The second-order valence-electron chi connectivity index (χ2n) is 17.3. The summed E-state index contributed by atoms with van der Waals surface area (Å²) in [7, 11) is 0. The Morgan fingerprint density at radius 2 is 0.671 bits per heavy atom. The highest BCUT2D eigenvalue weighted by Crippen LogP contribution is 2.44. The number of esters is 4. The molecule has 13 heteroatoms. The van der Waals surface area contributed by atoms with Gasteiger partial charge < -0.3 is 37.9 Å². The first-order valence-corrected chi connectivity index (χ1v) is 23.4. The number of rotatable bonds is 19. The van der Waals surface area contributed by atoms with Crippen LogP contribution in [0.15, 0.2) is 220 Å². The minimum absolute atomic E-state index is 0.224. The Morgan fingerprint density at radius 1 is 0.329 bits per heavy atom. The van der Waals surface area contributed by atoms with Gasteiger partial charge in [0, 0.05) is 23.6 Å². The van der Waals surface area contributed by atoms with E-state index >= 15 is 0 Å². The lowest BCUT2D eigenvalue weighted by atomic mass is 9.88. The summed E-state index contributed by atoms with van der Waals surface area (Å²) in [5.74, 6) is -1.63. The molecule has 0 aliphatic rings. The second-order valence-corrected chi connectivity index (χ2v) is 17.3. The van der Waals surface area contributed by atoms with E-state index in [0.717, 1.165) is 108 Å². The van der Waals surface area contributed by atoms with Crippen molar-refractivity contribution in [3.8, 4) is 56.4 Å². The number of benzene rings is 8. The highest BCUT2D eigenvalue weighted by Gasteiger charge is 2.18. The third-order valence-electron chi connectivity index (χ3n) is 11.5. The molecule has 8 rings (SSSR count). The molecular formula is C63H48O13. The summed E-state index contributed by atoms with van der Waals surface area (Å²) in [4.78, 5) is 59.0. The zero-order chi connectivity index (χ0) is 53.9. The zero-order valence-electron chi connectivity index (χ0n) is 41.7. The van der Waals surface area contributed by atoms with E-state index in [4.69, 9.17) is 37.9 Å². The van der Waals surface area contributed by atoms with Crippen molar-refractivity contribution in [2.45, 2.75) is 27.7 Å². The molecule has 0 spiro atoms. The largest absolute Gasteiger partial charge is 0.462 e. The summed E-state index contributed by atoms with van der Waals surface area (Å²) in [6.07, 6.45) is 9.53. The Morgan fingerprint density at radius 3 is 1.04 bits per heavy atom. The molecule has 0 saturated carbocycles. The fourth-order valence-electron chi connectivity index (χ4n) is 7.90. The van der Waals surface area contributed by atoms with Crippen molar-refractivity contribution in [1.29, 1.82) is 0 Å². The molecule has 8 aromatic carbocycles. The molecule has 0 bridgehead atoms. The zero-order valence-corrected chi connectivity index (χ0v) is 41.7. The van der Waals surface area contributed by atoms with E-state index in [1.54, 1.807) is 26.8 Å². The van der Waals surface area contributed by atoms with E-state index in [9.17, 15) is 24.0 Å². The van der Waals surface area contributed by atoms with Crippen LogP contribution in [0.25, 0.3) is 76.5 Å². The summed E-state index contributed by atoms with van der Waals surface area (Å²) >= 11 is 0. The number of fused-ring (bicyclic) bond motifs is 4. The van der Waals surface area contributed by atoms with Crippen molar-refractivity contribution in [3.05, 3.63) is 220 Å². The number of Topliss-reactive ketones (excluding diaryl/α,β-unsaturated/α-hetero) is 1. The number of carbonyl (C=O) groups is 5. The summed E-state index contributed by atoms with van der Waals surface area (Å²) in [6, 6.07) is 43.0. The SMILES string of the molecule is C=C(C)C(=O)OC=COc1ccc2cc(-c3cccc4c(-c5cc(OC=COC(=O)C(=C)C)cc6c(-c7ccc8cc(OC=COC(=O)C(C)=O)ccc8c7)cccc56)cc(OC=COC(=O)C(=C)C)cc34)ccc2c1. The molecule has 0 atom stereocenters. The van der Waals surface area contributed by atoms with Crippen LogP contribution in [0.2, 0.25) is 0 Å². The minimum atomic E-state index is -0.998. The van der Waals surface area contributed by atoms with E-state index in [-0.39, 0.29) is 16.7 Å². The second kappa shape index (κ2) is 23.5. The Labute approximate surface area is 437 Å². The van der Waals surface area contributed by atoms with Gasteiger partial charge in [-0.15, -0.1) is 0 Å². The Balaban J connectivity index is 1.24. The lowest BCUT2D eigenvalue weighted by Gasteiger charge is -2.18. The van der Waals surface area contributed by atoms with E-state index in [0.29, 0.717) is 23.0 Å². The highest BCUT2D eigenvalue weighted by molar-refractivity contribution is 6.32. The van der Waals surface area contributed by atoms with E-state index in [2.05, 4.69) is 31.9 Å². The van der Waals surface area contributed by atoms with Crippen molar-refractivity contribution < 1.29 is 61.9 Å². The van der Waals surface area contributed by atoms with Crippen LogP contribution in [0.3, 0.4) is 0 Å². The summed E-state index contributed by atoms with van der Waals surface area (Å²) in [5, 5.41) is 7.02. The van der Waals surface area contributed by atoms with Crippen molar-refractivity contribution in [2.24, 2.45) is 0 Å². The molecule has 0 aromatic heterocycles.